The Balaban J connectivity index is 2.05. The fraction of sp³-hybridized carbons (Fsp3) is 0.571. The van der Waals surface area contributed by atoms with E-state index in [0.717, 1.165) is 31.2 Å². The summed E-state index contributed by atoms with van der Waals surface area (Å²) in [4.78, 5) is 9.58. The Kier molecular flexibility index (Phi) is 5.61. The van der Waals surface area contributed by atoms with E-state index in [1.807, 2.05) is 24.3 Å². The predicted molar refractivity (Wildman–Crippen MR) is 75.6 cm³/mol. The van der Waals surface area contributed by atoms with Crippen LogP contribution in [-0.2, 0) is 20.0 Å². The van der Waals surface area contributed by atoms with Crippen molar-refractivity contribution < 1.29 is 23.2 Å². The molecule has 0 aliphatic carbocycles. The zero-order valence-electron chi connectivity index (χ0n) is 11.7. The van der Waals surface area contributed by atoms with Crippen LogP contribution in [0.5, 0.6) is 5.75 Å². The van der Waals surface area contributed by atoms with Crippen LogP contribution < -0.4 is 4.74 Å². The standard InChI is InChI=1S/C14H21O5P/c1-2-12-7-6-8-13(11-12)18-14-9-4-3-5-10-17-20(15,16)19-14/h6-8,11,14H,2-5,9-10H2,1H3,(H,15,16). The Morgan fingerprint density at radius 1 is 1.40 bits per heavy atom. The van der Waals surface area contributed by atoms with Crippen LogP contribution in [0.15, 0.2) is 24.3 Å². The van der Waals surface area contributed by atoms with Crippen LogP contribution in [0.3, 0.4) is 0 Å². The highest BCUT2D eigenvalue weighted by Crippen LogP contribution is 2.46. The second-order valence-corrected chi connectivity index (χ2v) is 6.21. The van der Waals surface area contributed by atoms with E-state index in [-0.39, 0.29) is 6.61 Å². The summed E-state index contributed by atoms with van der Waals surface area (Å²) in [5, 5.41) is 0. The largest absolute Gasteiger partial charge is 0.475 e. The van der Waals surface area contributed by atoms with Gasteiger partial charge in [-0.2, -0.15) is 0 Å². The third-order valence-corrected chi connectivity index (χ3v) is 4.17. The van der Waals surface area contributed by atoms with Crippen LogP contribution in [0.4, 0.5) is 0 Å². The molecule has 1 fully saturated rings. The van der Waals surface area contributed by atoms with Crippen LogP contribution >= 0.6 is 7.82 Å². The van der Waals surface area contributed by atoms with E-state index in [1.54, 1.807) is 0 Å². The molecule has 1 saturated heterocycles. The van der Waals surface area contributed by atoms with Gasteiger partial charge in [0.15, 0.2) is 0 Å². The Bertz CT molecular complexity index is 476. The van der Waals surface area contributed by atoms with Crippen molar-refractivity contribution in [2.75, 3.05) is 6.61 Å². The number of aryl methyl sites for hydroxylation is 1. The number of rotatable bonds is 3. The number of phosphoric acid groups is 1. The third-order valence-electron chi connectivity index (χ3n) is 3.16. The summed E-state index contributed by atoms with van der Waals surface area (Å²) in [5.74, 6) is 0.647. The summed E-state index contributed by atoms with van der Waals surface area (Å²) in [5.41, 5.74) is 1.15. The van der Waals surface area contributed by atoms with Crippen molar-refractivity contribution in [3.8, 4) is 5.75 Å². The van der Waals surface area contributed by atoms with Crippen LogP contribution in [-0.4, -0.2) is 17.8 Å². The quantitative estimate of drug-likeness (QED) is 0.863. The van der Waals surface area contributed by atoms with E-state index < -0.39 is 14.1 Å². The summed E-state index contributed by atoms with van der Waals surface area (Å²) < 4.78 is 27.4. The Labute approximate surface area is 119 Å². The Morgan fingerprint density at radius 2 is 2.25 bits per heavy atom. The van der Waals surface area contributed by atoms with Crippen molar-refractivity contribution in [3.63, 3.8) is 0 Å². The Hall–Kier alpha value is -0.870. The molecule has 2 unspecified atom stereocenters. The molecule has 1 heterocycles. The minimum atomic E-state index is -4.02. The monoisotopic (exact) mass is 300 g/mol. The highest BCUT2D eigenvalue weighted by atomic mass is 31.2. The lowest BCUT2D eigenvalue weighted by molar-refractivity contribution is -0.0254. The molecule has 0 amide bonds. The molecule has 1 aliphatic rings. The van der Waals surface area contributed by atoms with E-state index in [1.165, 1.54) is 0 Å². The maximum atomic E-state index is 11.7. The maximum Gasteiger partial charge on any atom is 0.475 e. The third kappa shape index (κ3) is 4.91. The summed E-state index contributed by atoms with van der Waals surface area (Å²) in [6.45, 7) is 2.30. The first-order chi connectivity index (χ1) is 9.59. The zero-order chi connectivity index (χ0) is 14.4. The SMILES string of the molecule is CCc1cccc(OC2CCCCCOP(=O)(O)O2)c1. The number of benzene rings is 1. The van der Waals surface area contributed by atoms with Gasteiger partial charge in [-0.3, -0.25) is 4.52 Å². The van der Waals surface area contributed by atoms with Crippen molar-refractivity contribution in [1.29, 1.82) is 0 Å². The molecule has 5 nitrogen and oxygen atoms in total. The van der Waals surface area contributed by atoms with E-state index in [0.29, 0.717) is 12.2 Å². The molecular weight excluding hydrogens is 279 g/mol. The van der Waals surface area contributed by atoms with E-state index >= 15 is 0 Å². The number of phosphoric ester groups is 1. The van der Waals surface area contributed by atoms with Crippen molar-refractivity contribution in [3.05, 3.63) is 29.8 Å². The molecule has 1 aromatic carbocycles. The highest BCUT2D eigenvalue weighted by Gasteiger charge is 2.28. The molecule has 2 rings (SSSR count). The molecule has 20 heavy (non-hydrogen) atoms. The lowest BCUT2D eigenvalue weighted by Gasteiger charge is -2.20. The molecule has 1 aromatic rings. The first-order valence-corrected chi connectivity index (χ1v) is 8.50. The van der Waals surface area contributed by atoms with E-state index in [2.05, 4.69) is 6.92 Å². The van der Waals surface area contributed by atoms with E-state index in [9.17, 15) is 9.46 Å². The first-order valence-electron chi connectivity index (χ1n) is 7.00. The Morgan fingerprint density at radius 3 is 3.05 bits per heavy atom. The fourth-order valence-corrected chi connectivity index (χ4v) is 2.94. The van der Waals surface area contributed by atoms with Gasteiger partial charge in [-0.05, 0) is 37.0 Å². The van der Waals surface area contributed by atoms with Crippen molar-refractivity contribution in [2.24, 2.45) is 0 Å². The average molecular weight is 300 g/mol. The molecule has 112 valence electrons. The lowest BCUT2D eigenvalue weighted by atomic mass is 10.1. The van der Waals surface area contributed by atoms with Gasteiger partial charge in [0, 0.05) is 6.42 Å². The summed E-state index contributed by atoms with van der Waals surface area (Å²) in [6.07, 6.45) is 3.29. The number of hydrogen-bond donors (Lipinski definition) is 1. The number of ether oxygens (including phenoxy) is 1. The molecule has 1 aliphatic heterocycles. The fourth-order valence-electron chi connectivity index (χ4n) is 2.07. The zero-order valence-corrected chi connectivity index (χ0v) is 12.6. The van der Waals surface area contributed by atoms with Gasteiger partial charge < -0.3 is 9.63 Å². The molecular formula is C14H21O5P. The summed E-state index contributed by atoms with van der Waals surface area (Å²) >= 11 is 0. The minimum Gasteiger partial charge on any atom is -0.464 e. The van der Waals surface area contributed by atoms with Crippen LogP contribution in [0.25, 0.3) is 0 Å². The second kappa shape index (κ2) is 7.23. The number of hydrogen-bond acceptors (Lipinski definition) is 4. The van der Waals surface area contributed by atoms with Gasteiger partial charge in [0.05, 0.1) is 6.61 Å². The van der Waals surface area contributed by atoms with E-state index in [4.69, 9.17) is 13.8 Å². The molecule has 0 saturated carbocycles. The smallest absolute Gasteiger partial charge is 0.464 e. The van der Waals surface area contributed by atoms with Crippen molar-refractivity contribution in [2.45, 2.75) is 45.3 Å². The van der Waals surface area contributed by atoms with Crippen molar-refractivity contribution in [1.82, 2.24) is 0 Å². The molecule has 1 N–H and O–H groups in total. The molecule has 0 bridgehead atoms. The van der Waals surface area contributed by atoms with Gasteiger partial charge in [0.2, 0.25) is 6.29 Å². The van der Waals surface area contributed by atoms with Gasteiger partial charge in [-0.1, -0.05) is 25.5 Å². The highest BCUT2D eigenvalue weighted by molar-refractivity contribution is 7.47. The van der Waals surface area contributed by atoms with Gasteiger partial charge in [-0.25, -0.2) is 9.09 Å². The molecule has 2 atom stereocenters. The predicted octanol–water partition coefficient (Wildman–Crippen LogP) is 3.66. The van der Waals surface area contributed by atoms with Gasteiger partial charge >= 0.3 is 7.82 Å². The van der Waals surface area contributed by atoms with Gasteiger partial charge in [0.25, 0.3) is 0 Å². The van der Waals surface area contributed by atoms with Gasteiger partial charge in [0.1, 0.15) is 5.75 Å². The first kappa shape index (κ1) is 15.5. The van der Waals surface area contributed by atoms with Crippen LogP contribution in [0.1, 0.15) is 38.2 Å². The molecule has 6 heteroatoms. The summed E-state index contributed by atoms with van der Waals surface area (Å²) in [6, 6.07) is 7.65. The normalized spacial score (nSPS) is 28.2. The van der Waals surface area contributed by atoms with Crippen molar-refractivity contribution >= 4 is 7.82 Å². The molecule has 0 aromatic heterocycles. The average Bonchev–Trinajstić information content (AvgIpc) is 2.49. The second-order valence-electron chi connectivity index (χ2n) is 4.80. The maximum absolute atomic E-state index is 11.7. The minimum absolute atomic E-state index is 0.242. The summed E-state index contributed by atoms with van der Waals surface area (Å²) in [7, 11) is -4.02. The topological polar surface area (TPSA) is 65.0 Å². The van der Waals surface area contributed by atoms with Crippen LogP contribution in [0, 0.1) is 0 Å². The lowest BCUT2D eigenvalue weighted by Crippen LogP contribution is -2.19. The van der Waals surface area contributed by atoms with Gasteiger partial charge in [-0.15, -0.1) is 0 Å². The molecule has 0 radical (unpaired) electrons. The molecule has 0 spiro atoms. The van der Waals surface area contributed by atoms with Crippen LogP contribution in [0.2, 0.25) is 0 Å².